The maximum Gasteiger partial charge on any atom is 0.243 e. The molecule has 0 radical (unpaired) electrons. The number of nitrogens with zero attached hydrogens (tertiary/aromatic N) is 3. The maximum absolute atomic E-state index is 13.0. The maximum atomic E-state index is 13.0. The average molecular weight is 238 g/mol. The molecule has 2 aromatic heterocycles. The van der Waals surface area contributed by atoms with Gasteiger partial charge in [0.15, 0.2) is 5.65 Å². The molecule has 17 heavy (non-hydrogen) atoms. The van der Waals surface area contributed by atoms with Crippen molar-refractivity contribution in [3.05, 3.63) is 24.1 Å². The first-order valence-corrected chi connectivity index (χ1v) is 5.49. The number of hydrogen-bond donors (Lipinski definition) is 2. The van der Waals surface area contributed by atoms with Gasteiger partial charge in [-0.3, -0.25) is 0 Å². The van der Waals surface area contributed by atoms with Crippen LogP contribution in [0.2, 0.25) is 0 Å². The second-order valence-electron chi connectivity index (χ2n) is 4.26. The van der Waals surface area contributed by atoms with Crippen molar-refractivity contribution in [2.24, 2.45) is 5.92 Å². The van der Waals surface area contributed by atoms with E-state index in [1.807, 2.05) is 13.8 Å². The van der Waals surface area contributed by atoms with Crippen LogP contribution in [0.15, 0.2) is 18.3 Å². The standard InChI is InChI=1S/C11H15FN4O/c1-7(2)9(6-17)13-11-14-10-4-3-8(12)5-16(10)15-11/h3-5,7,9,17H,6H2,1-2H3,(H,13,15)/t9-/m1/s1. The smallest absolute Gasteiger partial charge is 0.243 e. The Morgan fingerprint density at radius 2 is 2.24 bits per heavy atom. The van der Waals surface area contributed by atoms with Crippen LogP contribution in [0.3, 0.4) is 0 Å². The van der Waals surface area contributed by atoms with Crippen molar-refractivity contribution in [2.75, 3.05) is 11.9 Å². The predicted molar refractivity (Wildman–Crippen MR) is 62.3 cm³/mol. The minimum absolute atomic E-state index is 0.00157. The van der Waals surface area contributed by atoms with E-state index in [0.29, 0.717) is 11.6 Å². The van der Waals surface area contributed by atoms with Crippen LogP contribution in [0.1, 0.15) is 13.8 Å². The largest absolute Gasteiger partial charge is 0.394 e. The van der Waals surface area contributed by atoms with E-state index in [1.165, 1.54) is 16.8 Å². The van der Waals surface area contributed by atoms with Crippen molar-refractivity contribution in [1.29, 1.82) is 0 Å². The second kappa shape index (κ2) is 4.67. The summed E-state index contributed by atoms with van der Waals surface area (Å²) < 4.78 is 14.3. The van der Waals surface area contributed by atoms with Gasteiger partial charge in [-0.1, -0.05) is 13.8 Å². The Morgan fingerprint density at radius 3 is 2.88 bits per heavy atom. The molecule has 0 aliphatic carbocycles. The van der Waals surface area contributed by atoms with E-state index in [2.05, 4.69) is 15.4 Å². The Balaban J connectivity index is 2.24. The van der Waals surface area contributed by atoms with Crippen molar-refractivity contribution in [3.8, 4) is 0 Å². The normalized spacial score (nSPS) is 13.2. The van der Waals surface area contributed by atoms with Crippen LogP contribution >= 0.6 is 0 Å². The lowest BCUT2D eigenvalue weighted by atomic mass is 10.1. The van der Waals surface area contributed by atoms with E-state index < -0.39 is 0 Å². The summed E-state index contributed by atoms with van der Waals surface area (Å²) in [4.78, 5) is 4.19. The number of hydrogen-bond acceptors (Lipinski definition) is 4. The molecule has 0 aromatic carbocycles. The van der Waals surface area contributed by atoms with Gasteiger partial charge in [0, 0.05) is 0 Å². The minimum atomic E-state index is -0.364. The summed E-state index contributed by atoms with van der Waals surface area (Å²) in [6.45, 7) is 3.98. The van der Waals surface area contributed by atoms with Gasteiger partial charge in [0.1, 0.15) is 5.82 Å². The number of fused-ring (bicyclic) bond motifs is 1. The van der Waals surface area contributed by atoms with Crippen LogP contribution in [-0.4, -0.2) is 32.4 Å². The minimum Gasteiger partial charge on any atom is -0.394 e. The first-order valence-electron chi connectivity index (χ1n) is 5.49. The number of nitrogens with one attached hydrogen (secondary N) is 1. The van der Waals surface area contributed by atoms with Gasteiger partial charge in [0.2, 0.25) is 5.95 Å². The summed E-state index contributed by atoms with van der Waals surface area (Å²) in [6.07, 6.45) is 1.26. The number of aromatic nitrogens is 3. The van der Waals surface area contributed by atoms with Gasteiger partial charge in [-0.15, -0.1) is 5.10 Å². The van der Waals surface area contributed by atoms with E-state index in [0.717, 1.165) is 0 Å². The quantitative estimate of drug-likeness (QED) is 0.842. The summed E-state index contributed by atoms with van der Waals surface area (Å²) >= 11 is 0. The average Bonchev–Trinajstić information content (AvgIpc) is 2.66. The Kier molecular flexibility index (Phi) is 3.23. The van der Waals surface area contributed by atoms with E-state index >= 15 is 0 Å². The summed E-state index contributed by atoms with van der Waals surface area (Å²) in [6, 6.07) is 2.77. The molecule has 0 fully saturated rings. The number of aliphatic hydroxyl groups excluding tert-OH is 1. The molecule has 6 heteroatoms. The third-order valence-corrected chi connectivity index (χ3v) is 2.61. The molecule has 0 amide bonds. The Morgan fingerprint density at radius 1 is 1.47 bits per heavy atom. The van der Waals surface area contributed by atoms with Crippen LogP contribution in [0.25, 0.3) is 5.65 Å². The van der Waals surface area contributed by atoms with Crippen molar-refractivity contribution in [1.82, 2.24) is 14.6 Å². The van der Waals surface area contributed by atoms with Crippen LogP contribution in [0, 0.1) is 11.7 Å². The van der Waals surface area contributed by atoms with Crippen LogP contribution in [0.5, 0.6) is 0 Å². The molecule has 0 aliphatic heterocycles. The molecule has 5 nitrogen and oxygen atoms in total. The highest BCUT2D eigenvalue weighted by molar-refractivity contribution is 5.43. The van der Waals surface area contributed by atoms with Crippen LogP contribution < -0.4 is 5.32 Å². The van der Waals surface area contributed by atoms with Crippen LogP contribution in [-0.2, 0) is 0 Å². The number of aliphatic hydroxyl groups is 1. The van der Waals surface area contributed by atoms with Gasteiger partial charge in [-0.05, 0) is 18.1 Å². The molecular formula is C11H15FN4O. The SMILES string of the molecule is CC(C)[C@@H](CO)Nc1nc2ccc(F)cn2n1. The summed E-state index contributed by atoms with van der Waals surface area (Å²) in [5.41, 5.74) is 0.564. The molecule has 2 N–H and O–H groups in total. The summed E-state index contributed by atoms with van der Waals surface area (Å²) in [5.74, 6) is 0.281. The third-order valence-electron chi connectivity index (χ3n) is 2.61. The number of anilines is 1. The van der Waals surface area contributed by atoms with Gasteiger partial charge in [-0.2, -0.15) is 4.98 Å². The lowest BCUT2D eigenvalue weighted by Gasteiger charge is -2.18. The number of pyridine rings is 1. The summed E-state index contributed by atoms with van der Waals surface area (Å²) in [5, 5.41) is 16.3. The molecular weight excluding hydrogens is 223 g/mol. The predicted octanol–water partition coefficient (Wildman–Crippen LogP) is 1.30. The fourth-order valence-electron chi connectivity index (χ4n) is 1.51. The molecule has 92 valence electrons. The van der Waals surface area contributed by atoms with E-state index in [-0.39, 0.29) is 24.4 Å². The van der Waals surface area contributed by atoms with Gasteiger partial charge in [0.05, 0.1) is 18.8 Å². The van der Waals surface area contributed by atoms with Gasteiger partial charge in [-0.25, -0.2) is 8.91 Å². The molecule has 0 unspecified atom stereocenters. The first kappa shape index (κ1) is 11.8. The molecule has 0 spiro atoms. The lowest BCUT2D eigenvalue weighted by Crippen LogP contribution is -2.29. The zero-order chi connectivity index (χ0) is 12.4. The fraction of sp³-hybridized carbons (Fsp3) is 0.455. The number of halogens is 1. The Hall–Kier alpha value is -1.69. The zero-order valence-corrected chi connectivity index (χ0v) is 9.76. The molecule has 0 saturated heterocycles. The highest BCUT2D eigenvalue weighted by Crippen LogP contribution is 2.11. The van der Waals surface area contributed by atoms with Crippen molar-refractivity contribution in [3.63, 3.8) is 0 Å². The summed E-state index contributed by atoms with van der Waals surface area (Å²) in [7, 11) is 0. The first-order chi connectivity index (χ1) is 8.10. The lowest BCUT2D eigenvalue weighted by molar-refractivity contribution is 0.248. The molecule has 2 rings (SSSR count). The molecule has 0 saturated carbocycles. The van der Waals surface area contributed by atoms with Crippen molar-refractivity contribution < 1.29 is 9.50 Å². The van der Waals surface area contributed by atoms with Crippen molar-refractivity contribution in [2.45, 2.75) is 19.9 Å². The van der Waals surface area contributed by atoms with Crippen molar-refractivity contribution >= 4 is 11.6 Å². The second-order valence-corrected chi connectivity index (χ2v) is 4.26. The molecule has 2 aromatic rings. The van der Waals surface area contributed by atoms with E-state index in [4.69, 9.17) is 0 Å². The molecule has 1 atom stereocenters. The zero-order valence-electron chi connectivity index (χ0n) is 9.76. The highest BCUT2D eigenvalue weighted by atomic mass is 19.1. The molecule has 2 heterocycles. The third kappa shape index (κ3) is 2.52. The topological polar surface area (TPSA) is 62.5 Å². The molecule has 0 aliphatic rings. The van der Waals surface area contributed by atoms with Crippen LogP contribution in [0.4, 0.5) is 10.3 Å². The number of rotatable bonds is 4. The Bertz CT molecular complexity index is 511. The Labute approximate surface area is 98.3 Å². The van der Waals surface area contributed by atoms with Gasteiger partial charge < -0.3 is 10.4 Å². The monoisotopic (exact) mass is 238 g/mol. The fourth-order valence-corrected chi connectivity index (χ4v) is 1.51. The van der Waals surface area contributed by atoms with E-state index in [1.54, 1.807) is 6.07 Å². The van der Waals surface area contributed by atoms with Gasteiger partial charge in [0.25, 0.3) is 0 Å². The molecule has 0 bridgehead atoms. The highest BCUT2D eigenvalue weighted by Gasteiger charge is 2.14. The van der Waals surface area contributed by atoms with E-state index in [9.17, 15) is 9.50 Å². The van der Waals surface area contributed by atoms with Gasteiger partial charge >= 0.3 is 0 Å².